The molecule has 2 aliphatic carbocycles. The Morgan fingerprint density at radius 2 is 1.50 bits per heavy atom. The lowest BCUT2D eigenvalue weighted by atomic mass is 9.57. The molecular weight excluding hydrogens is 416 g/mol. The van der Waals surface area contributed by atoms with Gasteiger partial charge in [-0.05, 0) is 37.0 Å². The number of rotatable bonds is 1. The van der Waals surface area contributed by atoms with Gasteiger partial charge in [-0.3, -0.25) is 29.6 Å². The van der Waals surface area contributed by atoms with Crippen molar-refractivity contribution in [1.82, 2.24) is 10.1 Å². The summed E-state index contributed by atoms with van der Waals surface area (Å²) in [7, 11) is 0. The molecule has 0 radical (unpaired) electrons. The lowest BCUT2D eigenvalue weighted by molar-refractivity contribution is -0.174. The minimum atomic E-state index is -0.969. The van der Waals surface area contributed by atoms with Gasteiger partial charge in [0.05, 0.1) is 23.7 Å². The Morgan fingerprint density at radius 3 is 2.20 bits per heavy atom. The van der Waals surface area contributed by atoms with E-state index in [1.54, 1.807) is 6.08 Å². The number of aromatic hydroxyl groups is 1. The monoisotopic (exact) mass is 432 g/mol. The van der Waals surface area contributed by atoms with Gasteiger partial charge in [-0.1, -0.05) is 23.3 Å². The normalized spacial score (nSPS) is 35.4. The number of phenolic OH excluding ortho intramolecular Hbond substituents is 1. The van der Waals surface area contributed by atoms with Crippen LogP contribution in [0, 0.1) is 29.6 Å². The van der Waals surface area contributed by atoms with Gasteiger partial charge in [0, 0.05) is 16.5 Å². The fourth-order valence-corrected chi connectivity index (χ4v) is 5.86. The van der Waals surface area contributed by atoms with Crippen molar-refractivity contribution in [3.05, 3.63) is 40.4 Å². The van der Waals surface area contributed by atoms with Crippen LogP contribution in [0.25, 0.3) is 0 Å². The number of fused-ring (bicyclic) bond motifs is 4. The van der Waals surface area contributed by atoms with Crippen molar-refractivity contribution in [3.63, 3.8) is 0 Å². The van der Waals surface area contributed by atoms with Gasteiger partial charge in [0.2, 0.25) is 0 Å². The maximum absolute atomic E-state index is 12.7. The van der Waals surface area contributed by atoms with Crippen LogP contribution in [-0.2, 0) is 19.2 Å². The minimum Gasteiger partial charge on any atom is -0.508 e. The zero-order valence-electron chi connectivity index (χ0n) is 15.4. The summed E-state index contributed by atoms with van der Waals surface area (Å²) in [5.41, 5.74) is 0.934. The molecule has 3 fully saturated rings. The molecule has 6 atom stereocenters. The number of benzene rings is 1. The molecule has 1 saturated carbocycles. The van der Waals surface area contributed by atoms with Gasteiger partial charge in [0.1, 0.15) is 5.75 Å². The lowest BCUT2D eigenvalue weighted by Crippen LogP contribution is -2.43. The van der Waals surface area contributed by atoms with E-state index in [-0.39, 0.29) is 28.7 Å². The fraction of sp³-hybridized carbons (Fsp3) is 0.400. The number of allylic oxidation sites excluding steroid dienone is 2. The summed E-state index contributed by atoms with van der Waals surface area (Å²) in [4.78, 5) is 50.2. The Labute approximate surface area is 175 Å². The van der Waals surface area contributed by atoms with Gasteiger partial charge >= 0.3 is 0 Å². The predicted octanol–water partition coefficient (Wildman–Crippen LogP) is 1.46. The zero-order valence-corrected chi connectivity index (χ0v) is 16.2. The third kappa shape index (κ3) is 2.36. The molecule has 9 nitrogen and oxygen atoms in total. The first-order chi connectivity index (χ1) is 14.2. The van der Waals surface area contributed by atoms with E-state index >= 15 is 0 Å². The maximum Gasteiger partial charge on any atom is 0.258 e. The molecule has 3 N–H and O–H groups in total. The van der Waals surface area contributed by atoms with E-state index in [0.717, 1.165) is 0 Å². The van der Waals surface area contributed by atoms with Crippen molar-refractivity contribution in [2.24, 2.45) is 29.6 Å². The second-order valence-corrected chi connectivity index (χ2v) is 8.64. The largest absolute Gasteiger partial charge is 0.508 e. The van der Waals surface area contributed by atoms with Gasteiger partial charge < -0.3 is 5.11 Å². The van der Waals surface area contributed by atoms with E-state index in [9.17, 15) is 34.7 Å². The van der Waals surface area contributed by atoms with Crippen molar-refractivity contribution in [3.8, 4) is 5.75 Å². The smallest absolute Gasteiger partial charge is 0.258 e. The van der Waals surface area contributed by atoms with E-state index in [1.165, 1.54) is 18.2 Å². The van der Waals surface area contributed by atoms with Gasteiger partial charge in [0.25, 0.3) is 23.6 Å². The number of halogens is 1. The molecule has 1 aromatic rings. The molecule has 4 aliphatic rings. The highest BCUT2D eigenvalue weighted by atomic mass is 35.5. The molecule has 2 aliphatic heterocycles. The van der Waals surface area contributed by atoms with Crippen molar-refractivity contribution in [2.45, 2.75) is 18.8 Å². The third-order valence-corrected chi connectivity index (χ3v) is 7.16. The number of phenols is 1. The van der Waals surface area contributed by atoms with Crippen LogP contribution in [0.3, 0.4) is 0 Å². The highest BCUT2D eigenvalue weighted by Crippen LogP contribution is 2.58. The average molecular weight is 433 g/mol. The molecule has 30 heavy (non-hydrogen) atoms. The first-order valence-corrected chi connectivity index (χ1v) is 9.92. The number of imide groups is 2. The number of nitrogens with zero attached hydrogens (tertiary/aromatic N) is 2. The molecule has 156 valence electrons. The van der Waals surface area contributed by atoms with Crippen LogP contribution in [0.4, 0.5) is 0 Å². The number of carbonyl (C=O) groups is 4. The molecule has 0 bridgehead atoms. The van der Waals surface area contributed by atoms with Crippen LogP contribution in [0.2, 0.25) is 5.02 Å². The third-order valence-electron chi connectivity index (χ3n) is 6.93. The number of hydrogen-bond acceptors (Lipinski definition) is 7. The van der Waals surface area contributed by atoms with Crippen LogP contribution in [0.1, 0.15) is 24.3 Å². The standard InChI is InChI=1S/C20H17ClN2O7/c21-7-1-4-13(24)11(5-7)14-8-2-3-9-15(19(27)22(29)17(9)25)10(8)6-12-16(14)20(28)23(30)18(12)26/h1-2,4-5,9-10,12,14-16,24,29-30H,3,6H2/t9-,10+,12+,14+,15-,16+/m0/s1. The molecule has 2 heterocycles. The second kappa shape index (κ2) is 6.37. The van der Waals surface area contributed by atoms with Crippen LogP contribution >= 0.6 is 11.6 Å². The minimum absolute atomic E-state index is 0.0734. The molecule has 0 unspecified atom stereocenters. The fourth-order valence-electron chi connectivity index (χ4n) is 5.68. The quantitative estimate of drug-likeness (QED) is 0.347. The maximum atomic E-state index is 12.7. The van der Waals surface area contributed by atoms with Crippen LogP contribution in [0.5, 0.6) is 5.75 Å². The average Bonchev–Trinajstić information content (AvgIpc) is 3.08. The Bertz CT molecular complexity index is 1050. The van der Waals surface area contributed by atoms with Crippen molar-refractivity contribution in [2.75, 3.05) is 0 Å². The molecule has 10 heteroatoms. The van der Waals surface area contributed by atoms with Crippen LogP contribution in [-0.4, -0.2) is 49.3 Å². The number of amides is 4. The second-order valence-electron chi connectivity index (χ2n) is 8.20. The Kier molecular flexibility index (Phi) is 4.08. The summed E-state index contributed by atoms with van der Waals surface area (Å²) in [5, 5.41) is 30.9. The molecule has 4 amide bonds. The molecule has 1 aromatic carbocycles. The molecule has 0 aromatic heterocycles. The summed E-state index contributed by atoms with van der Waals surface area (Å²) in [6.45, 7) is 0. The van der Waals surface area contributed by atoms with Crippen molar-refractivity contribution < 1.29 is 34.7 Å². The van der Waals surface area contributed by atoms with Gasteiger partial charge in [-0.15, -0.1) is 0 Å². The first kappa shape index (κ1) is 19.2. The Morgan fingerprint density at radius 1 is 0.867 bits per heavy atom. The first-order valence-electron chi connectivity index (χ1n) is 9.54. The van der Waals surface area contributed by atoms with Crippen molar-refractivity contribution >= 4 is 35.2 Å². The van der Waals surface area contributed by atoms with Gasteiger partial charge in [0.15, 0.2) is 0 Å². The van der Waals surface area contributed by atoms with Gasteiger partial charge in [-0.2, -0.15) is 10.1 Å². The zero-order chi connectivity index (χ0) is 21.5. The van der Waals surface area contributed by atoms with Crippen molar-refractivity contribution in [1.29, 1.82) is 0 Å². The molecular formula is C20H17ClN2O7. The molecule has 2 saturated heterocycles. The van der Waals surface area contributed by atoms with E-state index in [4.69, 9.17) is 11.6 Å². The van der Waals surface area contributed by atoms with E-state index < -0.39 is 59.1 Å². The summed E-state index contributed by atoms with van der Waals surface area (Å²) in [6, 6.07) is 4.35. The predicted molar refractivity (Wildman–Crippen MR) is 97.9 cm³/mol. The van der Waals surface area contributed by atoms with Crippen LogP contribution < -0.4 is 0 Å². The highest BCUT2D eigenvalue weighted by molar-refractivity contribution is 6.30. The van der Waals surface area contributed by atoms with E-state index in [0.29, 0.717) is 16.2 Å². The Balaban J connectivity index is 1.69. The highest BCUT2D eigenvalue weighted by Gasteiger charge is 2.62. The lowest BCUT2D eigenvalue weighted by Gasteiger charge is -2.43. The van der Waals surface area contributed by atoms with E-state index in [2.05, 4.69) is 0 Å². The number of carbonyl (C=O) groups excluding carboxylic acids is 4. The summed E-state index contributed by atoms with van der Waals surface area (Å²) < 4.78 is 0. The van der Waals surface area contributed by atoms with Gasteiger partial charge in [-0.25, -0.2) is 0 Å². The van der Waals surface area contributed by atoms with E-state index in [1.807, 2.05) is 0 Å². The Hall–Kier alpha value is -2.75. The SMILES string of the molecule is O=C1[C@H]2[C@H](CC=C3[C@H]2C[C@H]2C(=O)N(O)C(=O)[C@H]2[C@H]3c2cc(Cl)ccc2O)C(=O)N1O. The molecule has 0 spiro atoms. The molecule has 5 rings (SSSR count). The number of hydrogen-bond donors (Lipinski definition) is 3. The summed E-state index contributed by atoms with van der Waals surface area (Å²) >= 11 is 6.12. The summed E-state index contributed by atoms with van der Waals surface area (Å²) in [6.07, 6.45) is 2.00. The summed E-state index contributed by atoms with van der Waals surface area (Å²) in [5.74, 6) is -8.08. The topological polar surface area (TPSA) is 135 Å². The van der Waals surface area contributed by atoms with Crippen LogP contribution in [0.15, 0.2) is 29.8 Å². The number of hydroxylamine groups is 4.